The standard InChI is InChI=1S/C11H9F2N3O/c1-7-2-4-8(5-3-7)11(6-17)14-10(9(12)13)15-16-11/h2-6,9H,1H3. The van der Waals surface area contributed by atoms with Gasteiger partial charge in [-0.3, -0.25) is 4.79 Å². The van der Waals surface area contributed by atoms with E-state index in [1.807, 2.05) is 6.92 Å². The first-order valence-electron chi connectivity index (χ1n) is 4.92. The number of rotatable bonds is 3. The van der Waals surface area contributed by atoms with Gasteiger partial charge in [0.05, 0.1) is 0 Å². The first kappa shape index (κ1) is 11.5. The zero-order valence-corrected chi connectivity index (χ0v) is 8.97. The Hall–Kier alpha value is -1.98. The van der Waals surface area contributed by atoms with Crippen molar-refractivity contribution in [2.45, 2.75) is 19.0 Å². The smallest absolute Gasteiger partial charge is 0.298 e. The number of amidine groups is 1. The molecule has 0 N–H and O–H groups in total. The molecule has 2 rings (SSSR count). The molecule has 0 amide bonds. The summed E-state index contributed by atoms with van der Waals surface area (Å²) in [7, 11) is 0. The van der Waals surface area contributed by atoms with E-state index in [1.165, 1.54) is 0 Å². The van der Waals surface area contributed by atoms with E-state index < -0.39 is 17.9 Å². The Bertz CT molecular complexity index is 496. The van der Waals surface area contributed by atoms with Crippen LogP contribution in [-0.2, 0) is 10.5 Å². The second-order valence-electron chi connectivity index (χ2n) is 3.68. The van der Waals surface area contributed by atoms with Gasteiger partial charge in [-0.05, 0) is 6.92 Å². The van der Waals surface area contributed by atoms with Gasteiger partial charge in [0, 0.05) is 5.56 Å². The molecule has 0 radical (unpaired) electrons. The van der Waals surface area contributed by atoms with Gasteiger partial charge in [0.1, 0.15) is 0 Å². The van der Waals surface area contributed by atoms with E-state index in [9.17, 15) is 13.6 Å². The largest absolute Gasteiger partial charge is 0.298 e. The van der Waals surface area contributed by atoms with Crippen LogP contribution >= 0.6 is 0 Å². The molecule has 1 atom stereocenters. The predicted molar refractivity (Wildman–Crippen MR) is 57.2 cm³/mol. The fourth-order valence-corrected chi connectivity index (χ4v) is 1.48. The Labute approximate surface area is 96.1 Å². The molecule has 17 heavy (non-hydrogen) atoms. The molecule has 0 saturated carbocycles. The molecule has 4 nitrogen and oxygen atoms in total. The lowest BCUT2D eigenvalue weighted by molar-refractivity contribution is -0.112. The van der Waals surface area contributed by atoms with Gasteiger partial charge in [-0.1, -0.05) is 29.8 Å². The number of hydrogen-bond donors (Lipinski definition) is 0. The molecule has 1 aliphatic rings. The van der Waals surface area contributed by atoms with Crippen molar-refractivity contribution in [3.8, 4) is 0 Å². The van der Waals surface area contributed by atoms with Crippen LogP contribution in [0.15, 0.2) is 39.5 Å². The third-order valence-electron chi connectivity index (χ3n) is 2.43. The second kappa shape index (κ2) is 4.12. The molecule has 0 aliphatic carbocycles. The van der Waals surface area contributed by atoms with E-state index in [1.54, 1.807) is 24.3 Å². The minimum Gasteiger partial charge on any atom is -0.298 e. The van der Waals surface area contributed by atoms with Crippen molar-refractivity contribution in [2.75, 3.05) is 0 Å². The number of halogens is 2. The van der Waals surface area contributed by atoms with Crippen LogP contribution in [0.25, 0.3) is 0 Å². The number of alkyl halides is 2. The number of aldehydes is 1. The minimum atomic E-state index is -2.83. The number of carbonyl (C=O) groups excluding carboxylic acids is 1. The summed E-state index contributed by atoms with van der Waals surface area (Å²) in [6, 6.07) is 6.76. The lowest BCUT2D eigenvalue weighted by Crippen LogP contribution is -2.21. The van der Waals surface area contributed by atoms with Crippen molar-refractivity contribution >= 4 is 12.1 Å². The van der Waals surface area contributed by atoms with E-state index in [0.717, 1.165) is 5.56 Å². The van der Waals surface area contributed by atoms with Gasteiger partial charge >= 0.3 is 0 Å². The number of carbonyl (C=O) groups is 1. The zero-order valence-electron chi connectivity index (χ0n) is 8.97. The van der Waals surface area contributed by atoms with Gasteiger partial charge < -0.3 is 0 Å². The van der Waals surface area contributed by atoms with Crippen LogP contribution in [0.3, 0.4) is 0 Å². The van der Waals surface area contributed by atoms with Gasteiger partial charge in [0.2, 0.25) is 5.84 Å². The Kier molecular flexibility index (Phi) is 2.79. The van der Waals surface area contributed by atoms with Crippen LogP contribution in [0.4, 0.5) is 8.78 Å². The van der Waals surface area contributed by atoms with E-state index in [0.29, 0.717) is 11.8 Å². The Balaban J connectivity index is 2.44. The Morgan fingerprint density at radius 1 is 1.29 bits per heavy atom. The molecular weight excluding hydrogens is 228 g/mol. The summed E-state index contributed by atoms with van der Waals surface area (Å²) in [5.41, 5.74) is -0.222. The van der Waals surface area contributed by atoms with Crippen LogP contribution in [0, 0.1) is 6.92 Å². The Morgan fingerprint density at radius 2 is 1.94 bits per heavy atom. The summed E-state index contributed by atoms with van der Waals surface area (Å²) in [5.74, 6) is -0.710. The summed E-state index contributed by atoms with van der Waals surface area (Å²) in [5, 5.41) is 6.81. The van der Waals surface area contributed by atoms with Crippen molar-refractivity contribution in [3.63, 3.8) is 0 Å². The van der Waals surface area contributed by atoms with Crippen LogP contribution in [0.5, 0.6) is 0 Å². The van der Waals surface area contributed by atoms with E-state index in [2.05, 4.69) is 15.2 Å². The average Bonchev–Trinajstić information content (AvgIpc) is 2.76. The van der Waals surface area contributed by atoms with Crippen molar-refractivity contribution in [1.82, 2.24) is 0 Å². The minimum absolute atomic E-state index is 0.413. The quantitative estimate of drug-likeness (QED) is 0.745. The fourth-order valence-electron chi connectivity index (χ4n) is 1.48. The van der Waals surface area contributed by atoms with Gasteiger partial charge in [0.25, 0.3) is 12.1 Å². The summed E-state index contributed by atoms with van der Waals surface area (Å²) < 4.78 is 24.8. The molecule has 0 aromatic heterocycles. The second-order valence-corrected chi connectivity index (χ2v) is 3.68. The molecule has 0 spiro atoms. The molecule has 1 unspecified atom stereocenters. The molecule has 0 saturated heterocycles. The van der Waals surface area contributed by atoms with Gasteiger partial charge in [-0.15, -0.1) is 10.2 Å². The molecule has 0 bridgehead atoms. The lowest BCUT2D eigenvalue weighted by atomic mass is 10.0. The van der Waals surface area contributed by atoms with E-state index in [-0.39, 0.29) is 0 Å². The normalized spacial score (nSPS) is 22.9. The van der Waals surface area contributed by atoms with Crippen LogP contribution in [0.2, 0.25) is 0 Å². The Morgan fingerprint density at radius 3 is 2.41 bits per heavy atom. The van der Waals surface area contributed by atoms with Crippen LogP contribution < -0.4 is 0 Å². The van der Waals surface area contributed by atoms with Crippen LogP contribution in [0.1, 0.15) is 11.1 Å². The predicted octanol–water partition coefficient (Wildman–Crippen LogP) is 2.48. The highest BCUT2D eigenvalue weighted by Gasteiger charge is 2.38. The van der Waals surface area contributed by atoms with Crippen molar-refractivity contribution in [3.05, 3.63) is 35.4 Å². The molecule has 1 aromatic carbocycles. The highest BCUT2D eigenvalue weighted by atomic mass is 19.3. The lowest BCUT2D eigenvalue weighted by Gasteiger charge is -2.14. The molecule has 0 fully saturated rings. The first-order chi connectivity index (χ1) is 8.07. The number of aliphatic imine (C=N–C) groups is 1. The number of nitrogens with zero attached hydrogens (tertiary/aromatic N) is 3. The van der Waals surface area contributed by atoms with Crippen molar-refractivity contribution in [2.24, 2.45) is 15.2 Å². The maximum atomic E-state index is 12.4. The van der Waals surface area contributed by atoms with Gasteiger partial charge in [-0.2, -0.15) is 0 Å². The molecule has 1 aromatic rings. The van der Waals surface area contributed by atoms with Gasteiger partial charge in [-0.25, -0.2) is 13.8 Å². The third-order valence-corrected chi connectivity index (χ3v) is 2.43. The molecule has 1 heterocycles. The maximum Gasteiger partial charge on any atom is 0.298 e. The van der Waals surface area contributed by atoms with Crippen molar-refractivity contribution in [1.29, 1.82) is 0 Å². The van der Waals surface area contributed by atoms with E-state index in [4.69, 9.17) is 0 Å². The number of hydrogen-bond acceptors (Lipinski definition) is 4. The van der Waals surface area contributed by atoms with Gasteiger partial charge in [0.15, 0.2) is 6.29 Å². The maximum absolute atomic E-state index is 12.4. The molecule has 6 heteroatoms. The summed E-state index contributed by atoms with van der Waals surface area (Å²) in [4.78, 5) is 14.7. The molecule has 88 valence electrons. The number of azo groups is 1. The highest BCUT2D eigenvalue weighted by Crippen LogP contribution is 2.31. The summed E-state index contributed by atoms with van der Waals surface area (Å²) >= 11 is 0. The highest BCUT2D eigenvalue weighted by molar-refractivity contribution is 5.90. The monoisotopic (exact) mass is 237 g/mol. The van der Waals surface area contributed by atoms with Crippen molar-refractivity contribution < 1.29 is 13.6 Å². The SMILES string of the molecule is Cc1ccc(C2(C=O)N=NC(C(F)F)=N2)cc1. The summed E-state index contributed by atoms with van der Waals surface area (Å²) in [6.45, 7) is 1.88. The first-order valence-corrected chi connectivity index (χ1v) is 4.92. The van der Waals surface area contributed by atoms with Crippen LogP contribution in [-0.4, -0.2) is 18.5 Å². The molecule has 1 aliphatic heterocycles. The van der Waals surface area contributed by atoms with E-state index >= 15 is 0 Å². The number of benzene rings is 1. The number of aryl methyl sites for hydroxylation is 1. The summed E-state index contributed by atoms with van der Waals surface area (Å²) in [6.07, 6.45) is -2.41. The zero-order chi connectivity index (χ0) is 12.5. The molecular formula is C11H9F2N3O. The fraction of sp³-hybridized carbons (Fsp3) is 0.273. The average molecular weight is 237 g/mol. The third kappa shape index (κ3) is 1.98. The topological polar surface area (TPSA) is 54.1 Å².